The third-order valence-corrected chi connectivity index (χ3v) is 5.43. The van der Waals surface area contributed by atoms with Crippen LogP contribution in [0.4, 0.5) is 5.69 Å². The molecule has 0 aliphatic carbocycles. The summed E-state index contributed by atoms with van der Waals surface area (Å²) in [4.78, 5) is 27.5. The van der Waals surface area contributed by atoms with Gasteiger partial charge in [-0.05, 0) is 29.8 Å². The number of hydrogen-bond acceptors (Lipinski definition) is 6. The Balaban J connectivity index is 1.66. The standard InChI is InChI=1S/C17H11ClN4O3S/c18-12-6-4-10(5-7-12)16-19-17-21(20-16)15(23)9-14(26-17)11-2-1-3-13(8-11)22(24)25/h1-8,14H,9H2/t14-/m0/s1. The predicted octanol–water partition coefficient (Wildman–Crippen LogP) is 4.38. The molecule has 1 aliphatic rings. The van der Waals surface area contributed by atoms with E-state index in [1.54, 1.807) is 36.4 Å². The highest BCUT2D eigenvalue weighted by Crippen LogP contribution is 2.42. The Morgan fingerprint density at radius 1 is 1.23 bits per heavy atom. The summed E-state index contributed by atoms with van der Waals surface area (Å²) in [6, 6.07) is 13.4. The molecule has 1 aromatic heterocycles. The molecular formula is C17H11ClN4O3S. The van der Waals surface area contributed by atoms with E-state index in [0.29, 0.717) is 16.0 Å². The zero-order chi connectivity index (χ0) is 18.3. The molecule has 0 saturated carbocycles. The Morgan fingerprint density at radius 3 is 2.73 bits per heavy atom. The highest BCUT2D eigenvalue weighted by atomic mass is 35.5. The molecule has 9 heteroatoms. The summed E-state index contributed by atoms with van der Waals surface area (Å²) in [5.74, 6) is 0.250. The van der Waals surface area contributed by atoms with E-state index >= 15 is 0 Å². The van der Waals surface area contributed by atoms with E-state index in [-0.39, 0.29) is 23.3 Å². The fourth-order valence-electron chi connectivity index (χ4n) is 2.70. The number of halogens is 1. The molecule has 0 spiro atoms. The number of hydrogen-bond donors (Lipinski definition) is 0. The summed E-state index contributed by atoms with van der Waals surface area (Å²) in [7, 11) is 0. The summed E-state index contributed by atoms with van der Waals surface area (Å²) in [6.45, 7) is 0. The van der Waals surface area contributed by atoms with Crippen LogP contribution in [0.5, 0.6) is 0 Å². The van der Waals surface area contributed by atoms with E-state index in [1.807, 2.05) is 0 Å². The van der Waals surface area contributed by atoms with Crippen molar-refractivity contribution >= 4 is 35.0 Å². The molecule has 0 fully saturated rings. The maximum atomic E-state index is 12.5. The lowest BCUT2D eigenvalue weighted by molar-refractivity contribution is -0.384. The van der Waals surface area contributed by atoms with E-state index in [4.69, 9.17) is 11.6 Å². The van der Waals surface area contributed by atoms with Crippen molar-refractivity contribution in [2.24, 2.45) is 0 Å². The van der Waals surface area contributed by atoms with Crippen LogP contribution in [0, 0.1) is 10.1 Å². The Bertz CT molecular complexity index is 1020. The summed E-state index contributed by atoms with van der Waals surface area (Å²) in [5, 5.41) is 16.1. The van der Waals surface area contributed by atoms with Crippen molar-refractivity contribution in [1.82, 2.24) is 14.8 Å². The largest absolute Gasteiger partial charge is 0.272 e. The van der Waals surface area contributed by atoms with Crippen LogP contribution in [0.2, 0.25) is 5.02 Å². The SMILES string of the molecule is O=C1C[C@@H](c2cccc([N+](=O)[O-])c2)Sc2nc(-c3ccc(Cl)cc3)nn21. The fourth-order valence-corrected chi connectivity index (χ4v) is 3.97. The van der Waals surface area contributed by atoms with Gasteiger partial charge in [0.15, 0.2) is 11.0 Å². The van der Waals surface area contributed by atoms with Crippen LogP contribution in [-0.4, -0.2) is 25.6 Å². The maximum absolute atomic E-state index is 12.5. The molecule has 4 rings (SSSR count). The molecule has 1 atom stereocenters. The first kappa shape index (κ1) is 16.7. The van der Waals surface area contributed by atoms with E-state index in [9.17, 15) is 14.9 Å². The molecule has 0 radical (unpaired) electrons. The second-order valence-electron chi connectivity index (χ2n) is 5.69. The average molecular weight is 387 g/mol. The van der Waals surface area contributed by atoms with Crippen molar-refractivity contribution < 1.29 is 9.72 Å². The molecule has 0 saturated heterocycles. The third kappa shape index (κ3) is 3.09. The van der Waals surface area contributed by atoms with Gasteiger partial charge in [-0.3, -0.25) is 14.9 Å². The number of carbonyl (C=O) groups excluding carboxylic acids is 1. The Labute approximate surface area is 157 Å². The minimum atomic E-state index is -0.444. The van der Waals surface area contributed by atoms with Gasteiger partial charge >= 0.3 is 0 Å². The summed E-state index contributed by atoms with van der Waals surface area (Å²) < 4.78 is 1.29. The second-order valence-corrected chi connectivity index (χ2v) is 7.30. The van der Waals surface area contributed by atoms with Crippen molar-refractivity contribution in [2.75, 3.05) is 0 Å². The van der Waals surface area contributed by atoms with Crippen LogP contribution < -0.4 is 0 Å². The van der Waals surface area contributed by atoms with Gasteiger partial charge in [0, 0.05) is 34.4 Å². The van der Waals surface area contributed by atoms with Crippen LogP contribution in [-0.2, 0) is 0 Å². The number of nitro benzene ring substituents is 1. The van der Waals surface area contributed by atoms with E-state index in [2.05, 4.69) is 10.1 Å². The second kappa shape index (κ2) is 6.54. The smallest absolute Gasteiger partial charge is 0.269 e. The Kier molecular flexibility index (Phi) is 4.21. The van der Waals surface area contributed by atoms with Crippen LogP contribution in [0.3, 0.4) is 0 Å². The summed E-state index contributed by atoms with van der Waals surface area (Å²) >= 11 is 7.27. The number of thioether (sulfide) groups is 1. The van der Waals surface area contributed by atoms with Gasteiger partial charge in [-0.2, -0.15) is 4.68 Å². The first-order valence-corrected chi connectivity index (χ1v) is 8.94. The van der Waals surface area contributed by atoms with Gasteiger partial charge in [0.25, 0.3) is 11.6 Å². The Morgan fingerprint density at radius 2 is 2.00 bits per heavy atom. The van der Waals surface area contributed by atoms with Gasteiger partial charge in [-0.1, -0.05) is 35.5 Å². The minimum Gasteiger partial charge on any atom is -0.272 e. The van der Waals surface area contributed by atoms with Crippen LogP contribution in [0.15, 0.2) is 53.7 Å². The molecule has 2 heterocycles. The number of nitrogens with zero attached hydrogens (tertiary/aromatic N) is 4. The van der Waals surface area contributed by atoms with Gasteiger partial charge in [-0.25, -0.2) is 4.98 Å². The average Bonchev–Trinajstić information content (AvgIpc) is 3.07. The predicted molar refractivity (Wildman–Crippen MR) is 97.4 cm³/mol. The third-order valence-electron chi connectivity index (χ3n) is 3.98. The number of carbonyl (C=O) groups is 1. The highest BCUT2D eigenvalue weighted by molar-refractivity contribution is 7.99. The molecule has 0 unspecified atom stereocenters. The number of non-ortho nitro benzene ring substituents is 1. The molecule has 130 valence electrons. The monoisotopic (exact) mass is 386 g/mol. The quantitative estimate of drug-likeness (QED) is 0.490. The first-order chi connectivity index (χ1) is 12.5. The van der Waals surface area contributed by atoms with E-state index in [1.165, 1.54) is 28.6 Å². The molecule has 2 aromatic carbocycles. The topological polar surface area (TPSA) is 90.9 Å². The fraction of sp³-hybridized carbons (Fsp3) is 0.118. The molecule has 0 amide bonds. The van der Waals surface area contributed by atoms with E-state index in [0.717, 1.165) is 11.1 Å². The minimum absolute atomic E-state index is 0.00411. The zero-order valence-electron chi connectivity index (χ0n) is 13.2. The summed E-state index contributed by atoms with van der Waals surface area (Å²) in [5.41, 5.74) is 1.49. The zero-order valence-corrected chi connectivity index (χ0v) is 14.8. The summed E-state index contributed by atoms with van der Waals surface area (Å²) in [6.07, 6.45) is 0.197. The molecule has 1 aliphatic heterocycles. The van der Waals surface area contributed by atoms with Crippen LogP contribution in [0.1, 0.15) is 22.0 Å². The van der Waals surface area contributed by atoms with Crippen molar-refractivity contribution in [2.45, 2.75) is 16.8 Å². The van der Waals surface area contributed by atoms with Crippen molar-refractivity contribution in [3.05, 3.63) is 69.2 Å². The van der Waals surface area contributed by atoms with Crippen LogP contribution >= 0.6 is 23.4 Å². The number of benzene rings is 2. The molecular weight excluding hydrogens is 376 g/mol. The van der Waals surface area contributed by atoms with E-state index < -0.39 is 4.92 Å². The van der Waals surface area contributed by atoms with Crippen molar-refractivity contribution in [3.63, 3.8) is 0 Å². The number of aromatic nitrogens is 3. The van der Waals surface area contributed by atoms with Gasteiger partial charge < -0.3 is 0 Å². The lowest BCUT2D eigenvalue weighted by Crippen LogP contribution is -2.21. The molecule has 26 heavy (non-hydrogen) atoms. The van der Waals surface area contributed by atoms with Gasteiger partial charge in [0.1, 0.15) is 0 Å². The number of fused-ring (bicyclic) bond motifs is 1. The van der Waals surface area contributed by atoms with Gasteiger partial charge in [0.2, 0.25) is 0 Å². The lowest BCUT2D eigenvalue weighted by atomic mass is 10.1. The normalized spacial score (nSPS) is 16.3. The molecule has 0 N–H and O–H groups in total. The highest BCUT2D eigenvalue weighted by Gasteiger charge is 2.30. The molecule has 0 bridgehead atoms. The van der Waals surface area contributed by atoms with Gasteiger partial charge in [-0.15, -0.1) is 5.10 Å². The molecule has 7 nitrogen and oxygen atoms in total. The molecule has 3 aromatic rings. The van der Waals surface area contributed by atoms with Crippen molar-refractivity contribution in [3.8, 4) is 11.4 Å². The van der Waals surface area contributed by atoms with Gasteiger partial charge in [0.05, 0.1) is 4.92 Å². The number of rotatable bonds is 3. The van der Waals surface area contributed by atoms with Crippen LogP contribution in [0.25, 0.3) is 11.4 Å². The maximum Gasteiger partial charge on any atom is 0.269 e. The van der Waals surface area contributed by atoms with Crippen molar-refractivity contribution in [1.29, 1.82) is 0 Å². The Hall–Kier alpha value is -2.71. The lowest BCUT2D eigenvalue weighted by Gasteiger charge is -2.20. The number of nitro groups is 1. The first-order valence-electron chi connectivity index (χ1n) is 7.68.